The summed E-state index contributed by atoms with van der Waals surface area (Å²) in [7, 11) is 0. The molecule has 1 N–H and O–H groups in total. The lowest BCUT2D eigenvalue weighted by Crippen LogP contribution is -2.26. The quantitative estimate of drug-likeness (QED) is 0.905. The van der Waals surface area contributed by atoms with Gasteiger partial charge in [-0.3, -0.25) is 19.0 Å². The van der Waals surface area contributed by atoms with Gasteiger partial charge in [-0.05, 0) is 31.5 Å². The molecular weight excluding hydrogens is 350 g/mol. The topological polar surface area (TPSA) is 71.4 Å². The minimum absolute atomic E-state index is 0.0649. The fraction of sp³-hybridized carbons (Fsp3) is 0.312. The average molecular weight is 366 g/mol. The summed E-state index contributed by atoms with van der Waals surface area (Å²) >= 11 is 7.20. The third kappa shape index (κ3) is 3.37. The number of nitrogens with one attached hydrogen (secondary N) is 1. The molecule has 2 aromatic rings. The van der Waals surface area contributed by atoms with Crippen molar-refractivity contribution >= 4 is 46.1 Å². The largest absolute Gasteiger partial charge is 0.323 e. The molecule has 2 heterocycles. The molecule has 0 aliphatic carbocycles. The zero-order valence-corrected chi connectivity index (χ0v) is 14.6. The summed E-state index contributed by atoms with van der Waals surface area (Å²) in [4.78, 5) is 37.3. The van der Waals surface area contributed by atoms with E-state index in [1.54, 1.807) is 35.4 Å². The summed E-state index contributed by atoms with van der Waals surface area (Å²) in [5, 5.41) is 4.81. The van der Waals surface area contributed by atoms with Gasteiger partial charge in [0, 0.05) is 29.7 Å². The summed E-state index contributed by atoms with van der Waals surface area (Å²) in [5.74, 6) is -0.277. The van der Waals surface area contributed by atoms with Gasteiger partial charge in [-0.1, -0.05) is 22.9 Å². The first-order chi connectivity index (χ1) is 11.5. The molecular formula is C16H16ClN3O3S. The Morgan fingerprint density at radius 2 is 2.17 bits per heavy atom. The molecule has 1 aliphatic rings. The minimum atomic E-state index is -0.342. The Bertz CT molecular complexity index is 858. The highest BCUT2D eigenvalue weighted by Crippen LogP contribution is 2.29. The van der Waals surface area contributed by atoms with E-state index in [2.05, 4.69) is 5.32 Å². The van der Waals surface area contributed by atoms with E-state index in [4.69, 9.17) is 11.6 Å². The molecule has 1 fully saturated rings. The molecule has 0 bridgehead atoms. The summed E-state index contributed by atoms with van der Waals surface area (Å²) < 4.78 is 1.40. The molecule has 126 valence electrons. The lowest BCUT2D eigenvalue weighted by molar-refractivity contribution is -0.117. The first-order valence-corrected chi connectivity index (χ1v) is 8.76. The molecule has 0 radical (unpaired) electrons. The van der Waals surface area contributed by atoms with Crippen molar-refractivity contribution in [1.82, 2.24) is 4.57 Å². The number of carbonyl (C=O) groups excluding carboxylic acids is 2. The van der Waals surface area contributed by atoms with Crippen LogP contribution in [0.3, 0.4) is 0 Å². The molecule has 0 unspecified atom stereocenters. The van der Waals surface area contributed by atoms with Crippen molar-refractivity contribution in [3.05, 3.63) is 44.0 Å². The van der Waals surface area contributed by atoms with Gasteiger partial charge < -0.3 is 10.2 Å². The van der Waals surface area contributed by atoms with E-state index >= 15 is 0 Å². The second-order valence-electron chi connectivity index (χ2n) is 5.59. The summed E-state index contributed by atoms with van der Waals surface area (Å²) in [5.41, 5.74) is 1.88. The molecule has 24 heavy (non-hydrogen) atoms. The first kappa shape index (κ1) is 16.7. The Morgan fingerprint density at radius 3 is 2.79 bits per heavy atom. The number of benzene rings is 1. The van der Waals surface area contributed by atoms with Gasteiger partial charge in [0.05, 0.1) is 10.7 Å². The van der Waals surface area contributed by atoms with Crippen LogP contribution < -0.4 is 15.1 Å². The molecule has 2 amide bonds. The van der Waals surface area contributed by atoms with Crippen LogP contribution in [-0.4, -0.2) is 22.9 Å². The molecule has 1 aliphatic heterocycles. The van der Waals surface area contributed by atoms with Gasteiger partial charge in [0.25, 0.3) is 0 Å². The summed E-state index contributed by atoms with van der Waals surface area (Å²) in [6.45, 7) is 2.37. The summed E-state index contributed by atoms with van der Waals surface area (Å²) in [6.07, 6.45) is 1.36. The Morgan fingerprint density at radius 1 is 1.38 bits per heavy atom. The van der Waals surface area contributed by atoms with E-state index < -0.39 is 0 Å². The van der Waals surface area contributed by atoms with E-state index in [-0.39, 0.29) is 23.2 Å². The number of thiazole rings is 1. The number of rotatable bonds is 4. The summed E-state index contributed by atoms with van der Waals surface area (Å²) in [6, 6.07) is 5.10. The van der Waals surface area contributed by atoms with Crippen LogP contribution in [0.15, 0.2) is 28.4 Å². The molecule has 0 saturated carbocycles. The maximum absolute atomic E-state index is 12.2. The zero-order chi connectivity index (χ0) is 17.3. The minimum Gasteiger partial charge on any atom is -0.323 e. The predicted molar refractivity (Wildman–Crippen MR) is 95.0 cm³/mol. The Kier molecular flexibility index (Phi) is 4.73. The zero-order valence-electron chi connectivity index (χ0n) is 13.0. The fourth-order valence-corrected chi connectivity index (χ4v) is 3.53. The molecule has 3 rings (SSSR count). The second kappa shape index (κ2) is 6.78. The highest BCUT2D eigenvalue weighted by molar-refractivity contribution is 7.07. The fourth-order valence-electron chi connectivity index (χ4n) is 2.63. The Labute approximate surface area is 147 Å². The van der Waals surface area contributed by atoms with Crippen LogP contribution in [0.25, 0.3) is 0 Å². The molecule has 8 heteroatoms. The van der Waals surface area contributed by atoms with E-state index in [0.717, 1.165) is 23.5 Å². The lowest BCUT2D eigenvalue weighted by atomic mass is 10.2. The third-order valence-corrected chi connectivity index (χ3v) is 5.10. The standard InChI is InChI=1S/C16H16ClN3O3S/c1-10-9-24-16(23)20(10)8-14(21)18-13-7-11(4-5-12(13)17)19-6-2-3-15(19)22/h4-5,7,9H,2-3,6,8H2,1H3,(H,18,21). The van der Waals surface area contributed by atoms with Gasteiger partial charge >= 0.3 is 4.87 Å². The number of hydrogen-bond acceptors (Lipinski definition) is 4. The maximum Gasteiger partial charge on any atom is 0.307 e. The predicted octanol–water partition coefficient (Wildman–Crippen LogP) is 2.64. The molecule has 1 saturated heterocycles. The van der Waals surface area contributed by atoms with Crippen LogP contribution in [0, 0.1) is 6.92 Å². The number of aromatic nitrogens is 1. The van der Waals surface area contributed by atoms with E-state index in [0.29, 0.717) is 29.4 Å². The highest BCUT2D eigenvalue weighted by atomic mass is 35.5. The average Bonchev–Trinajstić information content (AvgIpc) is 3.10. The number of aryl methyl sites for hydroxylation is 1. The van der Waals surface area contributed by atoms with E-state index in [1.807, 2.05) is 0 Å². The molecule has 1 aromatic heterocycles. The second-order valence-corrected chi connectivity index (χ2v) is 6.82. The van der Waals surface area contributed by atoms with Crippen molar-refractivity contribution < 1.29 is 9.59 Å². The molecule has 6 nitrogen and oxygen atoms in total. The Balaban J connectivity index is 1.78. The van der Waals surface area contributed by atoms with Gasteiger partial charge in [0.2, 0.25) is 11.8 Å². The smallest absolute Gasteiger partial charge is 0.307 e. The normalized spacial score (nSPS) is 14.2. The number of carbonyl (C=O) groups is 2. The van der Waals surface area contributed by atoms with Gasteiger partial charge in [0.15, 0.2) is 0 Å². The van der Waals surface area contributed by atoms with Gasteiger partial charge in [-0.15, -0.1) is 0 Å². The number of amides is 2. The SMILES string of the molecule is Cc1csc(=O)n1CC(=O)Nc1cc(N2CCCC2=O)ccc1Cl. The van der Waals surface area contributed by atoms with Crippen LogP contribution in [0.5, 0.6) is 0 Å². The number of nitrogens with zero attached hydrogens (tertiary/aromatic N) is 2. The van der Waals surface area contributed by atoms with Gasteiger partial charge in [-0.2, -0.15) is 0 Å². The van der Waals surface area contributed by atoms with E-state index in [9.17, 15) is 14.4 Å². The van der Waals surface area contributed by atoms with Crippen molar-refractivity contribution in [3.8, 4) is 0 Å². The highest BCUT2D eigenvalue weighted by Gasteiger charge is 2.22. The van der Waals surface area contributed by atoms with Crippen LogP contribution in [0.1, 0.15) is 18.5 Å². The Hall–Kier alpha value is -2.12. The molecule has 0 spiro atoms. The van der Waals surface area contributed by atoms with Gasteiger partial charge in [-0.25, -0.2) is 0 Å². The van der Waals surface area contributed by atoms with Crippen molar-refractivity contribution in [1.29, 1.82) is 0 Å². The molecule has 0 atom stereocenters. The van der Waals surface area contributed by atoms with Crippen LogP contribution in [0.2, 0.25) is 5.02 Å². The van der Waals surface area contributed by atoms with Crippen LogP contribution in [0.4, 0.5) is 11.4 Å². The van der Waals surface area contributed by atoms with Gasteiger partial charge in [0.1, 0.15) is 6.54 Å². The van der Waals surface area contributed by atoms with Crippen molar-refractivity contribution in [2.45, 2.75) is 26.3 Å². The maximum atomic E-state index is 12.2. The van der Waals surface area contributed by atoms with Crippen molar-refractivity contribution in [3.63, 3.8) is 0 Å². The third-order valence-electron chi connectivity index (χ3n) is 3.89. The number of halogens is 1. The van der Waals surface area contributed by atoms with Crippen molar-refractivity contribution in [2.75, 3.05) is 16.8 Å². The number of hydrogen-bond donors (Lipinski definition) is 1. The van der Waals surface area contributed by atoms with E-state index in [1.165, 1.54) is 4.57 Å². The van der Waals surface area contributed by atoms with Crippen molar-refractivity contribution in [2.24, 2.45) is 0 Å². The molecule has 1 aromatic carbocycles. The van der Waals surface area contributed by atoms with Crippen LogP contribution >= 0.6 is 22.9 Å². The lowest BCUT2D eigenvalue weighted by Gasteiger charge is -2.17. The van der Waals surface area contributed by atoms with Crippen LogP contribution in [-0.2, 0) is 16.1 Å². The first-order valence-electron chi connectivity index (χ1n) is 7.50. The number of anilines is 2. The monoisotopic (exact) mass is 365 g/mol.